The fraction of sp³-hybridized carbons (Fsp3) is 0.500. The van der Waals surface area contributed by atoms with Gasteiger partial charge in [-0.3, -0.25) is 0 Å². The smallest absolute Gasteiger partial charge is 0.240 e. The monoisotopic (exact) mass is 390 g/mol. The maximum atomic E-state index is 12.6. The van der Waals surface area contributed by atoms with Gasteiger partial charge in [-0.15, -0.1) is 0 Å². The predicted octanol–water partition coefficient (Wildman–Crippen LogP) is 1.71. The van der Waals surface area contributed by atoms with Gasteiger partial charge < -0.3 is 9.80 Å². The molecule has 1 aliphatic rings. The van der Waals surface area contributed by atoms with Gasteiger partial charge in [-0.25, -0.2) is 13.1 Å². The van der Waals surface area contributed by atoms with Gasteiger partial charge >= 0.3 is 0 Å². The second-order valence-electron chi connectivity index (χ2n) is 6.93. The molecule has 0 aliphatic carbocycles. The molecule has 3 rings (SSSR count). The van der Waals surface area contributed by atoms with Crippen molar-refractivity contribution in [1.82, 2.24) is 19.7 Å². The first-order valence-electron chi connectivity index (χ1n) is 9.09. The quantitative estimate of drug-likeness (QED) is 0.803. The van der Waals surface area contributed by atoms with Gasteiger partial charge in [0, 0.05) is 27.2 Å². The minimum absolute atomic E-state index is 0.0144. The molecule has 0 amide bonds. The van der Waals surface area contributed by atoms with Crippen LogP contribution in [0.4, 0.5) is 11.9 Å². The van der Waals surface area contributed by atoms with Crippen molar-refractivity contribution in [2.45, 2.75) is 37.6 Å². The standard InChI is InChI=1S/C18H26N6O2S/c1-14-8-7-9-15(12-14)27(25,26)19-13-16-20-17(23(2)3)22-18(21-16)24-10-5-4-6-11-24/h7-9,12,19H,4-6,10-11,13H2,1-3H3. The number of rotatable bonds is 6. The lowest BCUT2D eigenvalue weighted by molar-refractivity contribution is 0.563. The second kappa shape index (κ2) is 8.18. The molecule has 0 atom stereocenters. The van der Waals surface area contributed by atoms with E-state index in [9.17, 15) is 8.42 Å². The number of hydrogen-bond acceptors (Lipinski definition) is 7. The zero-order valence-corrected chi connectivity index (χ0v) is 16.8. The summed E-state index contributed by atoms with van der Waals surface area (Å²) >= 11 is 0. The largest absolute Gasteiger partial charge is 0.347 e. The van der Waals surface area contributed by atoms with E-state index in [0.29, 0.717) is 17.7 Å². The fourth-order valence-electron chi connectivity index (χ4n) is 2.94. The Labute approximate surface area is 160 Å². The summed E-state index contributed by atoms with van der Waals surface area (Å²) in [5.74, 6) is 1.54. The number of sulfonamides is 1. The first-order chi connectivity index (χ1) is 12.8. The van der Waals surface area contributed by atoms with Crippen molar-refractivity contribution in [1.29, 1.82) is 0 Å². The molecule has 27 heavy (non-hydrogen) atoms. The van der Waals surface area contributed by atoms with E-state index >= 15 is 0 Å². The summed E-state index contributed by atoms with van der Waals surface area (Å²) in [6.07, 6.45) is 3.43. The summed E-state index contributed by atoms with van der Waals surface area (Å²) < 4.78 is 27.7. The Kier molecular flexibility index (Phi) is 5.91. The van der Waals surface area contributed by atoms with Crippen molar-refractivity contribution in [2.75, 3.05) is 37.0 Å². The summed E-state index contributed by atoms with van der Waals surface area (Å²) in [5.41, 5.74) is 0.889. The van der Waals surface area contributed by atoms with Gasteiger partial charge in [0.05, 0.1) is 11.4 Å². The van der Waals surface area contributed by atoms with Crippen LogP contribution >= 0.6 is 0 Å². The van der Waals surface area contributed by atoms with Crippen LogP contribution in [0.5, 0.6) is 0 Å². The zero-order chi connectivity index (χ0) is 19.4. The fourth-order valence-corrected chi connectivity index (χ4v) is 4.02. The molecule has 0 saturated carbocycles. The highest BCUT2D eigenvalue weighted by molar-refractivity contribution is 7.89. The summed E-state index contributed by atoms with van der Waals surface area (Å²) in [7, 11) is 0.0849. The van der Waals surface area contributed by atoms with E-state index in [1.165, 1.54) is 6.42 Å². The highest BCUT2D eigenvalue weighted by atomic mass is 32.2. The summed E-state index contributed by atoms with van der Waals surface area (Å²) in [6, 6.07) is 6.80. The van der Waals surface area contributed by atoms with Gasteiger partial charge in [0.25, 0.3) is 0 Å². The Hall–Kier alpha value is -2.26. The van der Waals surface area contributed by atoms with E-state index < -0.39 is 10.0 Å². The minimum atomic E-state index is -3.63. The minimum Gasteiger partial charge on any atom is -0.347 e. The van der Waals surface area contributed by atoms with Crippen molar-refractivity contribution in [3.63, 3.8) is 0 Å². The Morgan fingerprint density at radius 1 is 1.11 bits per heavy atom. The van der Waals surface area contributed by atoms with E-state index in [1.54, 1.807) is 23.1 Å². The zero-order valence-electron chi connectivity index (χ0n) is 16.0. The summed E-state index contributed by atoms with van der Waals surface area (Å²) in [6.45, 7) is 3.69. The Morgan fingerprint density at radius 2 is 1.85 bits per heavy atom. The Morgan fingerprint density at radius 3 is 2.52 bits per heavy atom. The van der Waals surface area contributed by atoms with Crippen LogP contribution in [0.2, 0.25) is 0 Å². The van der Waals surface area contributed by atoms with Crippen molar-refractivity contribution < 1.29 is 8.42 Å². The van der Waals surface area contributed by atoms with Gasteiger partial charge in [0.2, 0.25) is 21.9 Å². The van der Waals surface area contributed by atoms with Crippen LogP contribution in [0.1, 0.15) is 30.7 Å². The molecule has 8 nitrogen and oxygen atoms in total. The van der Waals surface area contributed by atoms with E-state index in [-0.39, 0.29) is 11.4 Å². The maximum Gasteiger partial charge on any atom is 0.240 e. The molecule has 1 N–H and O–H groups in total. The molecule has 1 aliphatic heterocycles. The normalized spacial score (nSPS) is 15.0. The van der Waals surface area contributed by atoms with Gasteiger partial charge in [-0.2, -0.15) is 15.0 Å². The number of nitrogens with one attached hydrogen (secondary N) is 1. The molecule has 0 radical (unpaired) electrons. The molecule has 2 aromatic rings. The maximum absolute atomic E-state index is 12.6. The highest BCUT2D eigenvalue weighted by Gasteiger charge is 2.19. The van der Waals surface area contributed by atoms with Gasteiger partial charge in [0.1, 0.15) is 0 Å². The number of aromatic nitrogens is 3. The third-order valence-corrected chi connectivity index (χ3v) is 5.82. The Balaban J connectivity index is 1.82. The van der Waals surface area contributed by atoms with E-state index in [1.807, 2.05) is 27.1 Å². The molecule has 0 spiro atoms. The molecule has 9 heteroatoms. The van der Waals surface area contributed by atoms with Gasteiger partial charge in [0.15, 0.2) is 5.82 Å². The van der Waals surface area contributed by atoms with Gasteiger partial charge in [-0.1, -0.05) is 12.1 Å². The molecule has 1 fully saturated rings. The van der Waals surface area contributed by atoms with E-state index in [4.69, 9.17) is 0 Å². The first kappa shape index (κ1) is 19.5. The van der Waals surface area contributed by atoms with E-state index in [2.05, 4.69) is 24.6 Å². The second-order valence-corrected chi connectivity index (χ2v) is 8.70. The number of piperidine rings is 1. The number of aryl methyl sites for hydroxylation is 1. The number of benzene rings is 1. The number of hydrogen-bond donors (Lipinski definition) is 1. The van der Waals surface area contributed by atoms with Crippen LogP contribution in [0.25, 0.3) is 0 Å². The molecular formula is C18H26N6O2S. The average Bonchev–Trinajstić information content (AvgIpc) is 2.67. The van der Waals surface area contributed by atoms with Crippen LogP contribution < -0.4 is 14.5 Å². The van der Waals surface area contributed by atoms with Crippen molar-refractivity contribution in [2.24, 2.45) is 0 Å². The average molecular weight is 391 g/mol. The molecule has 146 valence electrons. The first-order valence-corrected chi connectivity index (χ1v) is 10.6. The summed E-state index contributed by atoms with van der Waals surface area (Å²) in [5, 5.41) is 0. The van der Waals surface area contributed by atoms with Crippen LogP contribution in [-0.4, -0.2) is 50.6 Å². The number of nitrogens with zero attached hydrogens (tertiary/aromatic N) is 5. The molecule has 0 unspecified atom stereocenters. The molecule has 1 aromatic heterocycles. The number of anilines is 2. The van der Waals surface area contributed by atoms with Crippen LogP contribution in [-0.2, 0) is 16.6 Å². The molecule has 1 saturated heterocycles. The van der Waals surface area contributed by atoms with Crippen LogP contribution in [0, 0.1) is 6.92 Å². The Bertz CT molecular complexity index is 894. The lowest BCUT2D eigenvalue weighted by atomic mass is 10.1. The van der Waals surface area contributed by atoms with Crippen molar-refractivity contribution >= 4 is 21.9 Å². The highest BCUT2D eigenvalue weighted by Crippen LogP contribution is 2.18. The summed E-state index contributed by atoms with van der Waals surface area (Å²) in [4.78, 5) is 17.6. The molecular weight excluding hydrogens is 364 g/mol. The van der Waals surface area contributed by atoms with Crippen molar-refractivity contribution in [3.8, 4) is 0 Å². The topological polar surface area (TPSA) is 91.3 Å². The lowest BCUT2D eigenvalue weighted by Crippen LogP contribution is -2.33. The van der Waals surface area contributed by atoms with Gasteiger partial charge in [-0.05, 0) is 43.9 Å². The molecule has 1 aromatic carbocycles. The van der Waals surface area contributed by atoms with Crippen molar-refractivity contribution in [3.05, 3.63) is 35.7 Å². The third kappa shape index (κ3) is 4.92. The molecule has 0 bridgehead atoms. The third-order valence-electron chi connectivity index (χ3n) is 4.42. The van der Waals surface area contributed by atoms with Crippen LogP contribution in [0.15, 0.2) is 29.2 Å². The van der Waals surface area contributed by atoms with Crippen LogP contribution in [0.3, 0.4) is 0 Å². The predicted molar refractivity (Wildman–Crippen MR) is 105 cm³/mol. The van der Waals surface area contributed by atoms with E-state index in [0.717, 1.165) is 31.5 Å². The molecule has 2 heterocycles. The SMILES string of the molecule is Cc1cccc(S(=O)(=O)NCc2nc(N(C)C)nc(N3CCCCC3)n2)c1. The lowest BCUT2D eigenvalue weighted by Gasteiger charge is -2.27.